The van der Waals surface area contributed by atoms with Crippen molar-refractivity contribution in [1.82, 2.24) is 0 Å². The molecule has 1 aromatic heterocycles. The van der Waals surface area contributed by atoms with Crippen molar-refractivity contribution in [2.75, 3.05) is 5.75 Å². The minimum Gasteiger partial charge on any atom is -0.458 e. The SMILES string of the molecule is Cc1ccc2oc(C3(O)CCSC3C)cc2c1. The van der Waals surface area contributed by atoms with Crippen LogP contribution in [0.3, 0.4) is 0 Å². The zero-order valence-electron chi connectivity index (χ0n) is 10.1. The lowest BCUT2D eigenvalue weighted by atomic mass is 9.94. The monoisotopic (exact) mass is 248 g/mol. The van der Waals surface area contributed by atoms with E-state index in [9.17, 15) is 5.11 Å². The predicted octanol–water partition coefficient (Wildman–Crippen LogP) is 3.45. The molecule has 2 aromatic rings. The minimum absolute atomic E-state index is 0.198. The van der Waals surface area contributed by atoms with Crippen molar-refractivity contribution in [3.63, 3.8) is 0 Å². The van der Waals surface area contributed by atoms with Crippen LogP contribution in [-0.2, 0) is 5.60 Å². The van der Waals surface area contributed by atoms with Crippen LogP contribution < -0.4 is 0 Å². The third-order valence-corrected chi connectivity index (χ3v) is 4.95. The van der Waals surface area contributed by atoms with Gasteiger partial charge in [0.25, 0.3) is 0 Å². The number of rotatable bonds is 1. The Hall–Kier alpha value is -0.930. The van der Waals surface area contributed by atoms with Crippen LogP contribution in [0.25, 0.3) is 11.0 Å². The fourth-order valence-corrected chi connectivity index (χ4v) is 3.72. The van der Waals surface area contributed by atoms with E-state index >= 15 is 0 Å². The number of hydrogen-bond acceptors (Lipinski definition) is 3. The molecule has 0 radical (unpaired) electrons. The van der Waals surface area contributed by atoms with Crippen molar-refractivity contribution in [1.29, 1.82) is 0 Å². The number of hydrogen-bond donors (Lipinski definition) is 1. The van der Waals surface area contributed by atoms with Crippen LogP contribution in [0, 0.1) is 6.92 Å². The molecule has 1 aliphatic heterocycles. The fraction of sp³-hybridized carbons (Fsp3) is 0.429. The summed E-state index contributed by atoms with van der Waals surface area (Å²) in [5.41, 5.74) is 1.28. The van der Waals surface area contributed by atoms with Crippen LogP contribution >= 0.6 is 11.8 Å². The molecule has 2 unspecified atom stereocenters. The Kier molecular flexibility index (Phi) is 2.49. The lowest BCUT2D eigenvalue weighted by Crippen LogP contribution is -2.30. The molecule has 1 aromatic carbocycles. The summed E-state index contributed by atoms with van der Waals surface area (Å²) in [5.74, 6) is 1.71. The summed E-state index contributed by atoms with van der Waals surface area (Å²) in [5, 5.41) is 12.0. The lowest BCUT2D eigenvalue weighted by molar-refractivity contribution is 0.0220. The highest BCUT2D eigenvalue weighted by Gasteiger charge is 2.43. The molecule has 0 spiro atoms. The van der Waals surface area contributed by atoms with Crippen LogP contribution in [0.4, 0.5) is 0 Å². The predicted molar refractivity (Wildman–Crippen MR) is 71.4 cm³/mol. The normalized spacial score (nSPS) is 29.0. The van der Waals surface area contributed by atoms with E-state index in [1.54, 1.807) is 11.8 Å². The van der Waals surface area contributed by atoms with Gasteiger partial charge in [0.2, 0.25) is 0 Å². The molecule has 0 saturated carbocycles. The standard InChI is InChI=1S/C14H16O2S/c1-9-3-4-12-11(7-9)8-13(16-12)14(15)5-6-17-10(14)2/h3-4,7-8,10,15H,5-6H2,1-2H3. The molecule has 2 nitrogen and oxygen atoms in total. The molecule has 2 atom stereocenters. The molecule has 1 saturated heterocycles. The summed E-state index contributed by atoms with van der Waals surface area (Å²) in [6.45, 7) is 4.13. The summed E-state index contributed by atoms with van der Waals surface area (Å²) >= 11 is 1.80. The van der Waals surface area contributed by atoms with Gasteiger partial charge in [0.05, 0.1) is 0 Å². The first-order chi connectivity index (χ1) is 8.09. The average Bonchev–Trinajstić information content (AvgIpc) is 2.84. The topological polar surface area (TPSA) is 33.4 Å². The summed E-state index contributed by atoms with van der Waals surface area (Å²) in [4.78, 5) is 0. The van der Waals surface area contributed by atoms with Gasteiger partial charge in [0.1, 0.15) is 16.9 Å². The Labute approximate surface area is 105 Å². The highest BCUT2D eigenvalue weighted by molar-refractivity contribution is 8.00. The van der Waals surface area contributed by atoms with Crippen LogP contribution in [-0.4, -0.2) is 16.1 Å². The van der Waals surface area contributed by atoms with E-state index in [2.05, 4.69) is 19.9 Å². The molecule has 1 N–H and O–H groups in total. The van der Waals surface area contributed by atoms with E-state index in [0.29, 0.717) is 0 Å². The van der Waals surface area contributed by atoms with E-state index in [-0.39, 0.29) is 5.25 Å². The number of thioether (sulfide) groups is 1. The van der Waals surface area contributed by atoms with Gasteiger partial charge in [-0.15, -0.1) is 0 Å². The van der Waals surface area contributed by atoms with Crippen molar-refractivity contribution >= 4 is 22.7 Å². The maximum absolute atomic E-state index is 10.7. The largest absolute Gasteiger partial charge is 0.458 e. The summed E-state index contributed by atoms with van der Waals surface area (Å²) in [7, 11) is 0. The lowest BCUT2D eigenvalue weighted by Gasteiger charge is -2.23. The molecule has 1 aliphatic rings. The number of furan rings is 1. The zero-order chi connectivity index (χ0) is 12.0. The Bertz CT molecular complexity index is 560. The number of aryl methyl sites for hydroxylation is 1. The van der Waals surface area contributed by atoms with Crippen molar-refractivity contribution < 1.29 is 9.52 Å². The third-order valence-electron chi connectivity index (χ3n) is 3.62. The average molecular weight is 248 g/mol. The quantitative estimate of drug-likeness (QED) is 0.839. The van der Waals surface area contributed by atoms with Gasteiger partial charge >= 0.3 is 0 Å². The number of fused-ring (bicyclic) bond motifs is 1. The summed E-state index contributed by atoms with van der Waals surface area (Å²) < 4.78 is 5.82. The molecule has 3 heteroatoms. The molecule has 0 bridgehead atoms. The smallest absolute Gasteiger partial charge is 0.138 e. The van der Waals surface area contributed by atoms with E-state index in [1.807, 2.05) is 18.2 Å². The van der Waals surface area contributed by atoms with E-state index < -0.39 is 5.60 Å². The maximum atomic E-state index is 10.7. The summed E-state index contributed by atoms with van der Waals surface area (Å²) in [6.07, 6.45) is 0.775. The fourth-order valence-electron chi connectivity index (χ4n) is 2.43. The first-order valence-corrected chi connectivity index (χ1v) is 6.99. The molecule has 0 amide bonds. The van der Waals surface area contributed by atoms with Crippen molar-refractivity contribution in [3.8, 4) is 0 Å². The summed E-state index contributed by atoms with van der Waals surface area (Å²) in [6, 6.07) is 8.10. The second-order valence-corrected chi connectivity index (χ2v) is 6.29. The van der Waals surface area contributed by atoms with Gasteiger partial charge in [-0.1, -0.05) is 18.6 Å². The van der Waals surface area contributed by atoms with Crippen LogP contribution in [0.15, 0.2) is 28.7 Å². The van der Waals surface area contributed by atoms with E-state index in [4.69, 9.17) is 4.42 Å². The van der Waals surface area contributed by atoms with Gasteiger partial charge in [-0.3, -0.25) is 0 Å². The molecule has 17 heavy (non-hydrogen) atoms. The van der Waals surface area contributed by atoms with Gasteiger partial charge in [0, 0.05) is 10.6 Å². The van der Waals surface area contributed by atoms with Gasteiger partial charge < -0.3 is 9.52 Å². The second kappa shape index (κ2) is 3.79. The highest BCUT2D eigenvalue weighted by atomic mass is 32.2. The Morgan fingerprint density at radius 2 is 2.24 bits per heavy atom. The Morgan fingerprint density at radius 1 is 1.41 bits per heavy atom. The van der Waals surface area contributed by atoms with Crippen LogP contribution in [0.5, 0.6) is 0 Å². The third kappa shape index (κ3) is 1.69. The van der Waals surface area contributed by atoms with Crippen LogP contribution in [0.2, 0.25) is 0 Å². The molecular weight excluding hydrogens is 232 g/mol. The van der Waals surface area contributed by atoms with Gasteiger partial charge in [-0.2, -0.15) is 11.8 Å². The van der Waals surface area contributed by atoms with E-state index in [1.165, 1.54) is 5.56 Å². The highest BCUT2D eigenvalue weighted by Crippen LogP contribution is 2.44. The van der Waals surface area contributed by atoms with Gasteiger partial charge in [0.15, 0.2) is 0 Å². The minimum atomic E-state index is -0.794. The molecule has 1 fully saturated rings. The van der Waals surface area contributed by atoms with Gasteiger partial charge in [-0.05, 0) is 37.3 Å². The molecule has 90 valence electrons. The van der Waals surface area contributed by atoms with Gasteiger partial charge in [-0.25, -0.2) is 0 Å². The number of aliphatic hydroxyl groups is 1. The van der Waals surface area contributed by atoms with Crippen LogP contribution in [0.1, 0.15) is 24.7 Å². The number of benzene rings is 1. The molecule has 3 rings (SSSR count). The molecule has 2 heterocycles. The first-order valence-electron chi connectivity index (χ1n) is 5.94. The second-order valence-electron chi connectivity index (χ2n) is 4.84. The van der Waals surface area contributed by atoms with Crippen molar-refractivity contribution in [2.45, 2.75) is 31.1 Å². The van der Waals surface area contributed by atoms with Crippen molar-refractivity contribution in [3.05, 3.63) is 35.6 Å². The van der Waals surface area contributed by atoms with E-state index in [0.717, 1.165) is 28.9 Å². The molecule has 0 aliphatic carbocycles. The Balaban J connectivity index is 2.12. The Morgan fingerprint density at radius 3 is 2.94 bits per heavy atom. The first kappa shape index (κ1) is 11.2. The maximum Gasteiger partial charge on any atom is 0.138 e. The van der Waals surface area contributed by atoms with Crippen molar-refractivity contribution in [2.24, 2.45) is 0 Å². The zero-order valence-corrected chi connectivity index (χ0v) is 10.9. The molecular formula is C14H16O2S.